The van der Waals surface area contributed by atoms with Crippen molar-refractivity contribution in [3.05, 3.63) is 95.6 Å². The molecule has 0 fully saturated rings. The third-order valence-corrected chi connectivity index (χ3v) is 3.79. The van der Waals surface area contributed by atoms with E-state index in [1.807, 2.05) is 46.1 Å². The van der Waals surface area contributed by atoms with Crippen LogP contribution in [0.4, 0.5) is 0 Å². The second-order valence-corrected chi connectivity index (χ2v) is 5.67. The van der Waals surface area contributed by atoms with Crippen LogP contribution in [-0.4, -0.2) is 12.6 Å². The maximum absolute atomic E-state index is 10.8. The number of carbonyl (C=O) groups excluding carboxylic acids is 2. The molecule has 4 heteroatoms. The first-order valence-corrected chi connectivity index (χ1v) is 7.73. The van der Waals surface area contributed by atoms with Gasteiger partial charge in [-0.15, -0.1) is 0 Å². The van der Waals surface area contributed by atoms with Crippen LogP contribution in [0.2, 0.25) is 0 Å². The van der Waals surface area contributed by atoms with Crippen molar-refractivity contribution in [1.82, 2.24) is 0 Å². The molecule has 4 nitrogen and oxygen atoms in total. The lowest BCUT2D eigenvalue weighted by Gasteiger charge is -2.01. The smallest absolute Gasteiger partial charge is 0.179 e. The predicted octanol–water partition coefficient (Wildman–Crippen LogP) is 1.98. The summed E-state index contributed by atoms with van der Waals surface area (Å²) in [6, 6.07) is 15.7. The molecule has 0 aliphatic rings. The number of hydrogen-bond donors (Lipinski definition) is 0. The van der Waals surface area contributed by atoms with Crippen LogP contribution in [0, 0.1) is 0 Å². The molecular formula is C20H18N2O2+2. The molecule has 0 N–H and O–H groups in total. The molecule has 1 aromatic carbocycles. The molecule has 2 aromatic heterocycles. The molecule has 0 bridgehead atoms. The van der Waals surface area contributed by atoms with Gasteiger partial charge in [0.2, 0.25) is 0 Å². The van der Waals surface area contributed by atoms with Gasteiger partial charge >= 0.3 is 0 Å². The number of benzene rings is 1. The van der Waals surface area contributed by atoms with E-state index in [1.54, 1.807) is 12.1 Å². The molecule has 0 spiro atoms. The van der Waals surface area contributed by atoms with Gasteiger partial charge in [0.1, 0.15) is 0 Å². The fraction of sp³-hybridized carbons (Fsp3) is 0.100. The highest BCUT2D eigenvalue weighted by Crippen LogP contribution is 2.04. The Morgan fingerprint density at radius 3 is 1.46 bits per heavy atom. The maximum atomic E-state index is 10.8. The fourth-order valence-corrected chi connectivity index (χ4v) is 2.59. The summed E-state index contributed by atoms with van der Waals surface area (Å²) in [5.74, 6) is 0. The average Bonchev–Trinajstić information content (AvgIpc) is 2.64. The third kappa shape index (κ3) is 3.98. The number of pyridine rings is 2. The van der Waals surface area contributed by atoms with Crippen LogP contribution < -0.4 is 9.13 Å². The minimum Gasteiger partial charge on any atom is -0.298 e. The lowest BCUT2D eigenvalue weighted by molar-refractivity contribution is -0.689. The summed E-state index contributed by atoms with van der Waals surface area (Å²) in [4.78, 5) is 21.7. The minimum absolute atomic E-state index is 0.667. The van der Waals surface area contributed by atoms with Crippen LogP contribution in [0.5, 0.6) is 0 Å². The second kappa shape index (κ2) is 7.42. The second-order valence-electron chi connectivity index (χ2n) is 5.67. The van der Waals surface area contributed by atoms with Crippen molar-refractivity contribution in [2.24, 2.45) is 0 Å². The quantitative estimate of drug-likeness (QED) is 0.515. The molecule has 0 aliphatic carbocycles. The summed E-state index contributed by atoms with van der Waals surface area (Å²) < 4.78 is 3.97. The van der Waals surface area contributed by atoms with E-state index in [4.69, 9.17) is 0 Å². The van der Waals surface area contributed by atoms with Gasteiger partial charge in [0.15, 0.2) is 50.4 Å². The molecular weight excluding hydrogens is 300 g/mol. The first-order chi connectivity index (χ1) is 11.8. The van der Waals surface area contributed by atoms with E-state index in [2.05, 4.69) is 24.3 Å². The van der Waals surface area contributed by atoms with Gasteiger partial charge < -0.3 is 0 Å². The van der Waals surface area contributed by atoms with Gasteiger partial charge in [-0.2, -0.15) is 0 Å². The highest BCUT2D eigenvalue weighted by Gasteiger charge is 2.07. The Balaban J connectivity index is 1.70. The van der Waals surface area contributed by atoms with Gasteiger partial charge in [-0.05, 0) is 12.1 Å². The van der Waals surface area contributed by atoms with Gasteiger partial charge in [0, 0.05) is 23.3 Å². The zero-order valence-corrected chi connectivity index (χ0v) is 13.2. The van der Waals surface area contributed by atoms with Gasteiger partial charge in [-0.3, -0.25) is 9.59 Å². The Kier molecular flexibility index (Phi) is 4.87. The summed E-state index contributed by atoms with van der Waals surface area (Å²) in [6.45, 7) is 1.44. The van der Waals surface area contributed by atoms with Crippen LogP contribution in [0.3, 0.4) is 0 Å². The van der Waals surface area contributed by atoms with E-state index in [0.29, 0.717) is 11.1 Å². The SMILES string of the molecule is O=Cc1ccc[n+](Cc2ccc(C[n+]3cccc(C=O)c3)cc2)c1. The molecule has 0 radical (unpaired) electrons. The van der Waals surface area contributed by atoms with Crippen molar-refractivity contribution < 1.29 is 18.7 Å². The molecule has 0 atom stereocenters. The van der Waals surface area contributed by atoms with E-state index in [-0.39, 0.29) is 0 Å². The first-order valence-electron chi connectivity index (χ1n) is 7.73. The number of carbonyl (C=O) groups is 2. The number of nitrogens with zero attached hydrogens (tertiary/aromatic N) is 2. The summed E-state index contributed by atoms with van der Waals surface area (Å²) in [5.41, 5.74) is 3.66. The summed E-state index contributed by atoms with van der Waals surface area (Å²) in [7, 11) is 0. The number of hydrogen-bond acceptors (Lipinski definition) is 2. The standard InChI is InChI=1S/C20H18N2O2/c23-15-19-3-1-9-21(13-19)11-17-5-7-18(8-6-17)12-22-10-2-4-20(14-22)16-24/h1-10,13-16H,11-12H2/q+2. The van der Waals surface area contributed by atoms with E-state index in [1.165, 1.54) is 11.1 Å². The Hall–Kier alpha value is -3.14. The zero-order valence-electron chi connectivity index (χ0n) is 13.2. The predicted molar refractivity (Wildman–Crippen MR) is 88.7 cm³/mol. The normalized spacial score (nSPS) is 10.3. The maximum Gasteiger partial charge on any atom is 0.179 e. The lowest BCUT2D eigenvalue weighted by atomic mass is 10.1. The lowest BCUT2D eigenvalue weighted by Crippen LogP contribution is -2.34. The summed E-state index contributed by atoms with van der Waals surface area (Å²) in [5, 5.41) is 0. The molecule has 24 heavy (non-hydrogen) atoms. The molecule has 0 saturated carbocycles. The van der Waals surface area contributed by atoms with Gasteiger partial charge in [0.25, 0.3) is 0 Å². The first kappa shape index (κ1) is 15.7. The molecule has 3 aromatic rings. The molecule has 3 rings (SSSR count). The molecule has 0 saturated heterocycles. The molecule has 0 aliphatic heterocycles. The minimum atomic E-state index is 0.667. The van der Waals surface area contributed by atoms with Crippen molar-refractivity contribution in [3.63, 3.8) is 0 Å². The Morgan fingerprint density at radius 1 is 0.667 bits per heavy atom. The fourth-order valence-electron chi connectivity index (χ4n) is 2.59. The van der Waals surface area contributed by atoms with Gasteiger partial charge in [0.05, 0.1) is 11.1 Å². The van der Waals surface area contributed by atoms with Crippen LogP contribution >= 0.6 is 0 Å². The number of rotatable bonds is 6. The molecule has 0 unspecified atom stereocenters. The van der Waals surface area contributed by atoms with Crippen LogP contribution in [0.25, 0.3) is 0 Å². The van der Waals surface area contributed by atoms with Crippen LogP contribution in [0.1, 0.15) is 31.8 Å². The Labute approximate surface area is 140 Å². The van der Waals surface area contributed by atoms with E-state index in [9.17, 15) is 9.59 Å². The molecule has 2 heterocycles. The van der Waals surface area contributed by atoms with Gasteiger partial charge in [-0.25, -0.2) is 9.13 Å². The van der Waals surface area contributed by atoms with Crippen molar-refractivity contribution >= 4 is 12.6 Å². The number of aromatic nitrogens is 2. The molecule has 118 valence electrons. The Bertz CT molecular complexity index is 785. The zero-order chi connectivity index (χ0) is 16.8. The van der Waals surface area contributed by atoms with Crippen molar-refractivity contribution in [1.29, 1.82) is 0 Å². The van der Waals surface area contributed by atoms with Crippen molar-refractivity contribution in [2.75, 3.05) is 0 Å². The van der Waals surface area contributed by atoms with Crippen LogP contribution in [-0.2, 0) is 13.1 Å². The highest BCUT2D eigenvalue weighted by molar-refractivity contribution is 5.73. The molecule has 0 amide bonds. The largest absolute Gasteiger partial charge is 0.298 e. The summed E-state index contributed by atoms with van der Waals surface area (Å²) >= 11 is 0. The van der Waals surface area contributed by atoms with Crippen molar-refractivity contribution in [2.45, 2.75) is 13.1 Å². The monoisotopic (exact) mass is 318 g/mol. The highest BCUT2D eigenvalue weighted by atomic mass is 16.1. The Morgan fingerprint density at radius 2 is 1.08 bits per heavy atom. The topological polar surface area (TPSA) is 41.9 Å². The van der Waals surface area contributed by atoms with E-state index >= 15 is 0 Å². The van der Waals surface area contributed by atoms with E-state index < -0.39 is 0 Å². The van der Waals surface area contributed by atoms with Crippen LogP contribution in [0.15, 0.2) is 73.3 Å². The third-order valence-electron chi connectivity index (χ3n) is 3.79. The average molecular weight is 318 g/mol. The van der Waals surface area contributed by atoms with E-state index in [0.717, 1.165) is 25.7 Å². The van der Waals surface area contributed by atoms with Gasteiger partial charge in [-0.1, -0.05) is 24.3 Å². The number of aldehydes is 2. The summed E-state index contributed by atoms with van der Waals surface area (Å²) in [6.07, 6.45) is 9.27. The van der Waals surface area contributed by atoms with Crippen molar-refractivity contribution in [3.8, 4) is 0 Å².